The van der Waals surface area contributed by atoms with Gasteiger partial charge in [0.15, 0.2) is 0 Å². The van der Waals surface area contributed by atoms with Gasteiger partial charge in [0.1, 0.15) is 0 Å². The van der Waals surface area contributed by atoms with Crippen LogP contribution in [0.4, 0.5) is 136 Å². The maximum Gasteiger partial charge on any atom is 0.472 e. The first kappa shape index (κ1) is 49.3. The molecule has 0 saturated carbocycles. The predicted molar refractivity (Wildman–Crippen MR) is 92.2 cm³/mol. The summed E-state index contributed by atoms with van der Waals surface area (Å²) in [5.74, 6) is -117. The first-order valence-electron chi connectivity index (χ1n) is 10.5. The Morgan fingerprint density at radius 3 is 0.692 bits per heavy atom. The van der Waals surface area contributed by atoms with Gasteiger partial charge in [-0.2, -0.15) is 145 Å². The van der Waals surface area contributed by atoms with Gasteiger partial charge in [-0.3, -0.25) is 4.55 Å². The molecule has 312 valence electrons. The fourth-order valence-electron chi connectivity index (χ4n) is 2.71. The summed E-state index contributed by atoms with van der Waals surface area (Å²) in [4.78, 5) is 0. The molecule has 0 fully saturated rings. The molecule has 0 aromatic heterocycles. The Balaban J connectivity index is 7.69. The van der Waals surface area contributed by atoms with E-state index in [1.54, 1.807) is 0 Å². The van der Waals surface area contributed by atoms with Crippen molar-refractivity contribution in [3.05, 3.63) is 12.1 Å². The van der Waals surface area contributed by atoms with Crippen molar-refractivity contribution < 1.29 is 154 Å². The van der Waals surface area contributed by atoms with Crippen molar-refractivity contribution in [2.24, 2.45) is 0 Å². The second-order valence-electron chi connectivity index (χ2n) is 9.04. The number of halogens is 31. The van der Waals surface area contributed by atoms with Crippen LogP contribution in [0.1, 0.15) is 0 Å². The first-order valence-corrected chi connectivity index (χ1v) is 11.9. The molecule has 1 N–H and O–H groups in total. The molecule has 0 aromatic rings. The van der Waals surface area contributed by atoms with Gasteiger partial charge in [0.05, 0.1) is 0 Å². The van der Waals surface area contributed by atoms with E-state index in [-0.39, 0.29) is 0 Å². The third-order valence-electron chi connectivity index (χ3n) is 5.76. The highest BCUT2D eigenvalue weighted by atomic mass is 32.2. The summed E-state index contributed by atoms with van der Waals surface area (Å²) in [5, 5.41) is -8.39. The largest absolute Gasteiger partial charge is 0.472 e. The zero-order valence-corrected chi connectivity index (χ0v) is 22.6. The maximum atomic E-state index is 13.8. The Kier molecular flexibility index (Phi) is 11.5. The monoisotopic (exact) mass is 878 g/mol. The van der Waals surface area contributed by atoms with Crippen LogP contribution in [-0.2, 0) is 14.9 Å². The molecular formula is C16HF31O4S. The Labute approximate surface area is 259 Å². The van der Waals surface area contributed by atoms with Crippen molar-refractivity contribution >= 4 is 10.1 Å². The average Bonchev–Trinajstić information content (AvgIpc) is 2.90. The van der Waals surface area contributed by atoms with Crippen molar-refractivity contribution in [3.8, 4) is 0 Å². The van der Waals surface area contributed by atoms with E-state index >= 15 is 0 Å². The Bertz CT molecular complexity index is 1490. The van der Waals surface area contributed by atoms with Gasteiger partial charge in [-0.1, -0.05) is 0 Å². The second kappa shape index (κ2) is 12.1. The van der Waals surface area contributed by atoms with E-state index in [9.17, 15) is 145 Å². The van der Waals surface area contributed by atoms with Gasteiger partial charge in [0.2, 0.25) is 0 Å². The highest BCUT2D eigenvalue weighted by Gasteiger charge is 3.01. The van der Waals surface area contributed by atoms with Gasteiger partial charge in [-0.25, -0.2) is 0 Å². The topological polar surface area (TPSA) is 63.6 Å². The lowest BCUT2D eigenvalue weighted by Gasteiger charge is -2.46. The van der Waals surface area contributed by atoms with E-state index in [0.717, 1.165) is 0 Å². The molecule has 36 heteroatoms. The molecular weight excluding hydrogens is 877 g/mol. The van der Waals surface area contributed by atoms with E-state index in [1.807, 2.05) is 0 Å². The van der Waals surface area contributed by atoms with Crippen molar-refractivity contribution in [2.45, 2.75) is 82.4 Å². The van der Waals surface area contributed by atoms with Crippen LogP contribution in [0.5, 0.6) is 0 Å². The van der Waals surface area contributed by atoms with E-state index in [0.29, 0.717) is 0 Å². The first-order chi connectivity index (χ1) is 21.8. The van der Waals surface area contributed by atoms with Crippen LogP contribution in [0.15, 0.2) is 12.1 Å². The summed E-state index contributed by atoms with van der Waals surface area (Å²) in [6, 6.07) is -4.56. The number of hydrogen-bond acceptors (Lipinski definition) is 3. The van der Waals surface area contributed by atoms with Gasteiger partial charge in [-0.15, -0.1) is 0 Å². The zero-order valence-electron chi connectivity index (χ0n) is 21.8. The summed E-state index contributed by atoms with van der Waals surface area (Å²) in [5.41, 5.74) is 0. The van der Waals surface area contributed by atoms with Crippen LogP contribution in [0.2, 0.25) is 0 Å². The molecule has 0 spiro atoms. The summed E-state index contributed by atoms with van der Waals surface area (Å²) in [6.45, 7) is 0. The Hall–Kier alpha value is -2.72. The molecule has 0 aromatic carbocycles. The van der Waals surface area contributed by atoms with Crippen LogP contribution in [0.3, 0.4) is 0 Å². The van der Waals surface area contributed by atoms with Crippen LogP contribution in [0.25, 0.3) is 0 Å². The van der Waals surface area contributed by atoms with Crippen molar-refractivity contribution in [3.63, 3.8) is 0 Å². The quantitative estimate of drug-likeness (QED) is 0.0954. The van der Waals surface area contributed by atoms with Gasteiger partial charge in [-0.05, 0) is 0 Å². The third-order valence-corrected chi connectivity index (χ3v) is 6.66. The molecule has 0 saturated heterocycles. The summed E-state index contributed by atoms with van der Waals surface area (Å²) in [7, 11) is -8.40. The lowest BCUT2D eigenvalue weighted by molar-refractivity contribution is -0.489. The standard InChI is InChI=1S/C16HF31O4S/c17-1(18)2(19)51-15(44,45)13(40,41)11(36,37)9(32,33)7(28,29)5(24,25)3(20,21)4(22,23)6(26,27)8(30,31)10(34,35)12(38,39)14(42,43)16(46,47)52(48,49)50/h(H,48,49,50). The van der Waals surface area contributed by atoms with E-state index in [2.05, 4.69) is 0 Å². The number of rotatable bonds is 16. The highest BCUT2D eigenvalue weighted by Crippen LogP contribution is 2.69. The van der Waals surface area contributed by atoms with Crippen LogP contribution >= 0.6 is 0 Å². The molecule has 52 heavy (non-hydrogen) atoms. The zero-order chi connectivity index (χ0) is 43.4. The molecule has 0 unspecified atom stereocenters. The molecule has 0 heterocycles. The third kappa shape index (κ3) is 5.79. The Morgan fingerprint density at radius 2 is 0.519 bits per heavy atom. The number of ether oxygens (including phenoxy) is 1. The van der Waals surface area contributed by atoms with Gasteiger partial charge in [0.25, 0.3) is 0 Å². The maximum absolute atomic E-state index is 13.8. The van der Waals surface area contributed by atoms with Gasteiger partial charge >= 0.3 is 105 Å². The average molecular weight is 878 g/mol. The van der Waals surface area contributed by atoms with Crippen LogP contribution in [0, 0.1) is 0 Å². The summed E-state index contributed by atoms with van der Waals surface area (Å²) >= 11 is 0. The number of alkyl halides is 28. The number of hydrogen-bond donors (Lipinski definition) is 1. The van der Waals surface area contributed by atoms with Crippen LogP contribution < -0.4 is 0 Å². The lowest BCUT2D eigenvalue weighted by atomic mass is 9.84. The molecule has 0 amide bonds. The SMILES string of the molecule is O=S(=O)(O)C(F)(F)C(F)(F)C(F)(F)C(F)(F)C(F)(F)C(F)(F)C(F)(F)C(F)(F)C(F)(F)C(F)(F)C(F)(F)C(F)(F)C(F)(F)C(F)(F)OC(F)=C(F)F. The minimum Gasteiger partial charge on any atom is -0.397 e. The molecule has 0 aliphatic carbocycles. The minimum atomic E-state index is -10.2. The molecule has 0 rings (SSSR count). The van der Waals surface area contributed by atoms with Crippen molar-refractivity contribution in [1.82, 2.24) is 0 Å². The van der Waals surface area contributed by atoms with Crippen molar-refractivity contribution in [1.29, 1.82) is 0 Å². The highest BCUT2D eigenvalue weighted by molar-refractivity contribution is 7.87. The Morgan fingerprint density at radius 1 is 0.346 bits per heavy atom. The van der Waals surface area contributed by atoms with Gasteiger partial charge < -0.3 is 4.74 Å². The second-order valence-corrected chi connectivity index (χ2v) is 10.5. The van der Waals surface area contributed by atoms with E-state index < -0.39 is 105 Å². The van der Waals surface area contributed by atoms with Gasteiger partial charge in [0, 0.05) is 0 Å². The molecule has 0 aliphatic rings. The summed E-state index contributed by atoms with van der Waals surface area (Å²) in [6.07, 6.45) is -12.7. The van der Waals surface area contributed by atoms with Crippen LogP contribution in [-0.4, -0.2) is 95.4 Å². The lowest BCUT2D eigenvalue weighted by Crippen LogP contribution is -2.79. The smallest absolute Gasteiger partial charge is 0.397 e. The summed E-state index contributed by atoms with van der Waals surface area (Å²) < 4.78 is 445. The predicted octanol–water partition coefficient (Wildman–Crippen LogP) is 9.74. The molecule has 0 atom stereocenters. The molecule has 0 bridgehead atoms. The van der Waals surface area contributed by atoms with E-state index in [4.69, 9.17) is 4.55 Å². The normalized spacial score (nSPS) is 16.6. The molecule has 4 nitrogen and oxygen atoms in total. The van der Waals surface area contributed by atoms with Crippen molar-refractivity contribution in [2.75, 3.05) is 0 Å². The van der Waals surface area contributed by atoms with E-state index in [1.165, 1.54) is 4.74 Å². The minimum absolute atomic E-state index is 1.37. The fourth-order valence-corrected chi connectivity index (χ4v) is 3.17. The fraction of sp³-hybridized carbons (Fsp3) is 0.875. The molecule has 0 aliphatic heterocycles. The molecule has 0 radical (unpaired) electrons.